The van der Waals surface area contributed by atoms with Crippen molar-refractivity contribution >= 4 is 35.4 Å². The van der Waals surface area contributed by atoms with Crippen molar-refractivity contribution in [2.24, 2.45) is 0 Å². The zero-order chi connectivity index (χ0) is 19.8. The van der Waals surface area contributed by atoms with Gasteiger partial charge >= 0.3 is 6.01 Å². The lowest BCUT2D eigenvalue weighted by molar-refractivity contribution is -0.116. The van der Waals surface area contributed by atoms with Crippen LogP contribution < -0.4 is 5.32 Å². The van der Waals surface area contributed by atoms with E-state index < -0.39 is 0 Å². The van der Waals surface area contributed by atoms with Crippen LogP contribution in [-0.2, 0) is 4.79 Å². The molecule has 3 aromatic rings. The lowest BCUT2D eigenvalue weighted by Gasteiger charge is -2.05. The zero-order valence-corrected chi connectivity index (χ0v) is 17.6. The van der Waals surface area contributed by atoms with E-state index in [9.17, 15) is 4.79 Å². The standard InChI is InChI=1S/C21H23N3O2S2/c1-15(2)28-18-11-6-8-16(14-18)20-23-24-21(26-20)22-19(25)12-7-13-27-17-9-4-3-5-10-17/h3-6,8-11,14-15H,7,12-13H2,1-2H3,(H,22,24,25). The van der Waals surface area contributed by atoms with Gasteiger partial charge in [0.15, 0.2) is 0 Å². The molecular formula is C21H23N3O2S2. The molecule has 0 aliphatic carbocycles. The first-order valence-electron chi connectivity index (χ1n) is 9.18. The summed E-state index contributed by atoms with van der Waals surface area (Å²) in [6.45, 7) is 4.30. The first-order valence-corrected chi connectivity index (χ1v) is 11.0. The Hall–Kier alpha value is -2.25. The maximum atomic E-state index is 12.1. The molecule has 1 aromatic heterocycles. The molecule has 0 unspecified atom stereocenters. The van der Waals surface area contributed by atoms with Crippen LogP contribution >= 0.6 is 23.5 Å². The second-order valence-electron chi connectivity index (χ2n) is 6.42. The Labute approximate surface area is 173 Å². The minimum Gasteiger partial charge on any atom is -0.403 e. The Morgan fingerprint density at radius 1 is 1.07 bits per heavy atom. The molecule has 0 radical (unpaired) electrons. The van der Waals surface area contributed by atoms with Gasteiger partial charge in [0.05, 0.1) is 0 Å². The van der Waals surface area contributed by atoms with Crippen molar-refractivity contribution in [1.29, 1.82) is 0 Å². The summed E-state index contributed by atoms with van der Waals surface area (Å²) >= 11 is 3.51. The van der Waals surface area contributed by atoms with Crippen molar-refractivity contribution in [3.05, 3.63) is 54.6 Å². The average Bonchev–Trinajstić information content (AvgIpc) is 3.14. The molecule has 0 bridgehead atoms. The van der Waals surface area contributed by atoms with Crippen LogP contribution in [0.2, 0.25) is 0 Å². The van der Waals surface area contributed by atoms with E-state index in [0.717, 1.165) is 22.6 Å². The lowest BCUT2D eigenvalue weighted by atomic mass is 10.2. The van der Waals surface area contributed by atoms with Crippen LogP contribution in [0.25, 0.3) is 11.5 Å². The summed E-state index contributed by atoms with van der Waals surface area (Å²) in [7, 11) is 0. The van der Waals surface area contributed by atoms with E-state index in [0.29, 0.717) is 17.6 Å². The minimum atomic E-state index is -0.118. The number of thioether (sulfide) groups is 2. The monoisotopic (exact) mass is 413 g/mol. The molecular weight excluding hydrogens is 390 g/mol. The molecule has 5 nitrogen and oxygen atoms in total. The number of nitrogens with zero attached hydrogens (tertiary/aromatic N) is 2. The third-order valence-electron chi connectivity index (χ3n) is 3.68. The van der Waals surface area contributed by atoms with Crippen LogP contribution in [0.3, 0.4) is 0 Å². The fourth-order valence-corrected chi connectivity index (χ4v) is 4.26. The van der Waals surface area contributed by atoms with E-state index in [1.807, 2.05) is 36.4 Å². The number of hydrogen-bond acceptors (Lipinski definition) is 6. The van der Waals surface area contributed by atoms with Crippen molar-refractivity contribution in [3.8, 4) is 11.5 Å². The Morgan fingerprint density at radius 2 is 1.86 bits per heavy atom. The molecule has 0 fully saturated rings. The molecule has 1 N–H and O–H groups in total. The maximum absolute atomic E-state index is 12.1. The Morgan fingerprint density at radius 3 is 2.64 bits per heavy atom. The largest absolute Gasteiger partial charge is 0.403 e. The van der Waals surface area contributed by atoms with Gasteiger partial charge in [0.2, 0.25) is 11.8 Å². The molecule has 1 heterocycles. The molecule has 0 spiro atoms. The summed E-state index contributed by atoms with van der Waals surface area (Å²) in [6, 6.07) is 18.3. The van der Waals surface area contributed by atoms with Gasteiger partial charge in [-0.2, -0.15) is 0 Å². The van der Waals surface area contributed by atoms with Gasteiger partial charge in [0, 0.05) is 27.0 Å². The molecule has 2 aromatic carbocycles. The lowest BCUT2D eigenvalue weighted by Crippen LogP contribution is -2.11. The second-order valence-corrected chi connectivity index (χ2v) is 9.24. The molecule has 7 heteroatoms. The van der Waals surface area contributed by atoms with Gasteiger partial charge in [0.1, 0.15) is 0 Å². The first kappa shape index (κ1) is 20.5. The fourth-order valence-electron chi connectivity index (χ4n) is 2.49. The van der Waals surface area contributed by atoms with Gasteiger partial charge < -0.3 is 4.42 Å². The molecule has 1 amide bonds. The number of anilines is 1. The molecule has 0 saturated heterocycles. The summed E-state index contributed by atoms with van der Waals surface area (Å²) in [6.07, 6.45) is 1.19. The van der Waals surface area contributed by atoms with E-state index >= 15 is 0 Å². The SMILES string of the molecule is CC(C)Sc1cccc(-c2nnc(NC(=O)CCCSc3ccccc3)o2)c1. The Kier molecular flexibility index (Phi) is 7.56. The van der Waals surface area contributed by atoms with Crippen molar-refractivity contribution in [2.75, 3.05) is 11.1 Å². The van der Waals surface area contributed by atoms with Gasteiger partial charge in [0.25, 0.3) is 0 Å². The maximum Gasteiger partial charge on any atom is 0.322 e. The van der Waals surface area contributed by atoms with Gasteiger partial charge in [-0.3, -0.25) is 10.1 Å². The Bertz CT molecular complexity index is 897. The Balaban J connectivity index is 1.48. The number of carbonyl (C=O) groups is 1. The van der Waals surface area contributed by atoms with Crippen LogP contribution in [0.5, 0.6) is 0 Å². The smallest absolute Gasteiger partial charge is 0.322 e. The van der Waals surface area contributed by atoms with Crippen LogP contribution in [-0.4, -0.2) is 27.1 Å². The molecule has 146 valence electrons. The number of rotatable bonds is 9. The van der Waals surface area contributed by atoms with Crippen LogP contribution in [0.15, 0.2) is 68.8 Å². The van der Waals surface area contributed by atoms with E-state index in [-0.39, 0.29) is 11.9 Å². The summed E-state index contributed by atoms with van der Waals surface area (Å²) < 4.78 is 5.61. The second kappa shape index (κ2) is 10.3. The molecule has 0 aliphatic heterocycles. The van der Waals surface area contributed by atoms with Gasteiger partial charge in [-0.05, 0) is 42.5 Å². The highest BCUT2D eigenvalue weighted by atomic mass is 32.2. The average molecular weight is 414 g/mol. The number of aromatic nitrogens is 2. The van der Waals surface area contributed by atoms with E-state index in [2.05, 4.69) is 47.6 Å². The van der Waals surface area contributed by atoms with Crippen molar-refractivity contribution in [2.45, 2.75) is 41.7 Å². The highest BCUT2D eigenvalue weighted by molar-refractivity contribution is 8.00. The van der Waals surface area contributed by atoms with Gasteiger partial charge in [-0.15, -0.1) is 28.6 Å². The third-order valence-corrected chi connectivity index (χ3v) is 5.78. The van der Waals surface area contributed by atoms with Crippen molar-refractivity contribution < 1.29 is 9.21 Å². The fraction of sp³-hybridized carbons (Fsp3) is 0.286. The number of benzene rings is 2. The third kappa shape index (κ3) is 6.42. The minimum absolute atomic E-state index is 0.118. The van der Waals surface area contributed by atoms with E-state index in [1.54, 1.807) is 23.5 Å². The summed E-state index contributed by atoms with van der Waals surface area (Å²) in [5.74, 6) is 1.17. The quantitative estimate of drug-likeness (QED) is 0.356. The van der Waals surface area contributed by atoms with Gasteiger partial charge in [-0.1, -0.05) is 43.2 Å². The molecule has 0 saturated carbocycles. The zero-order valence-electron chi connectivity index (χ0n) is 15.9. The number of amides is 1. The van der Waals surface area contributed by atoms with Crippen molar-refractivity contribution in [3.63, 3.8) is 0 Å². The predicted octanol–water partition coefficient (Wildman–Crippen LogP) is 5.75. The topological polar surface area (TPSA) is 68.0 Å². The number of nitrogens with one attached hydrogen (secondary N) is 1. The molecule has 0 atom stereocenters. The highest BCUT2D eigenvalue weighted by Gasteiger charge is 2.12. The highest BCUT2D eigenvalue weighted by Crippen LogP contribution is 2.28. The number of carbonyl (C=O) groups excluding carboxylic acids is 1. The molecule has 0 aliphatic rings. The van der Waals surface area contributed by atoms with Crippen LogP contribution in [0.1, 0.15) is 26.7 Å². The number of hydrogen-bond donors (Lipinski definition) is 1. The molecule has 28 heavy (non-hydrogen) atoms. The summed E-state index contributed by atoms with van der Waals surface area (Å²) in [5.41, 5.74) is 0.845. The predicted molar refractivity (Wildman–Crippen MR) is 116 cm³/mol. The van der Waals surface area contributed by atoms with E-state index in [4.69, 9.17) is 4.42 Å². The van der Waals surface area contributed by atoms with Crippen LogP contribution in [0, 0.1) is 0 Å². The first-order chi connectivity index (χ1) is 13.6. The van der Waals surface area contributed by atoms with Crippen LogP contribution in [0.4, 0.5) is 6.01 Å². The van der Waals surface area contributed by atoms with Gasteiger partial charge in [-0.25, -0.2) is 0 Å². The van der Waals surface area contributed by atoms with E-state index in [1.165, 1.54) is 4.90 Å². The summed E-state index contributed by atoms with van der Waals surface area (Å²) in [4.78, 5) is 14.4. The molecule has 3 rings (SSSR count). The normalized spacial score (nSPS) is 11.0. The van der Waals surface area contributed by atoms with Crippen molar-refractivity contribution in [1.82, 2.24) is 10.2 Å². The summed E-state index contributed by atoms with van der Waals surface area (Å²) in [5, 5.41) is 11.2.